The highest BCUT2D eigenvalue weighted by Crippen LogP contribution is 2.05. The third-order valence-corrected chi connectivity index (χ3v) is 2.47. The molecule has 0 aliphatic heterocycles. The first-order valence-corrected chi connectivity index (χ1v) is 5.30. The standard InChI is InChI=1S/C9H12N4OS/c1-2-3-4-13-5-10-7-6(13)8(14)12-9(15)11-7/h5H,2-4H2,1H3,(H2,11,12,14,15). The number of rotatable bonds is 3. The molecule has 0 atom stereocenters. The van der Waals surface area contributed by atoms with Gasteiger partial charge in [0.1, 0.15) is 0 Å². The van der Waals surface area contributed by atoms with E-state index in [1.54, 1.807) is 6.33 Å². The predicted molar refractivity (Wildman–Crippen MR) is 60.4 cm³/mol. The lowest BCUT2D eigenvalue weighted by Crippen LogP contribution is -2.12. The van der Waals surface area contributed by atoms with Gasteiger partial charge in [0.05, 0.1) is 6.33 Å². The van der Waals surface area contributed by atoms with Gasteiger partial charge in [0.15, 0.2) is 15.9 Å². The number of nitrogens with zero attached hydrogens (tertiary/aromatic N) is 2. The van der Waals surface area contributed by atoms with Crippen LogP contribution < -0.4 is 5.56 Å². The molecule has 2 N–H and O–H groups in total. The van der Waals surface area contributed by atoms with E-state index in [1.807, 2.05) is 4.57 Å². The van der Waals surface area contributed by atoms with Gasteiger partial charge in [0.25, 0.3) is 5.56 Å². The lowest BCUT2D eigenvalue weighted by Gasteiger charge is -2.00. The molecular weight excluding hydrogens is 212 g/mol. The first-order valence-electron chi connectivity index (χ1n) is 4.90. The van der Waals surface area contributed by atoms with Crippen molar-refractivity contribution in [1.82, 2.24) is 19.5 Å². The van der Waals surface area contributed by atoms with Gasteiger partial charge in [-0.25, -0.2) is 4.98 Å². The van der Waals surface area contributed by atoms with Crippen LogP contribution in [0.5, 0.6) is 0 Å². The lowest BCUT2D eigenvalue weighted by molar-refractivity contribution is 0.644. The predicted octanol–water partition coefficient (Wildman–Crippen LogP) is 1.58. The first kappa shape index (κ1) is 10.1. The number of hydrogen-bond donors (Lipinski definition) is 2. The highest BCUT2D eigenvalue weighted by Gasteiger charge is 2.06. The summed E-state index contributed by atoms with van der Waals surface area (Å²) in [6.45, 7) is 2.91. The van der Waals surface area contributed by atoms with Crippen molar-refractivity contribution in [2.75, 3.05) is 0 Å². The van der Waals surface area contributed by atoms with Crippen LogP contribution in [0.15, 0.2) is 11.1 Å². The van der Waals surface area contributed by atoms with Crippen LogP contribution in [0.2, 0.25) is 0 Å². The van der Waals surface area contributed by atoms with Gasteiger partial charge in [-0.05, 0) is 18.6 Å². The topological polar surface area (TPSA) is 66.5 Å². The molecule has 0 amide bonds. The Bertz CT molecular complexity index is 580. The fourth-order valence-corrected chi connectivity index (χ4v) is 1.70. The monoisotopic (exact) mass is 224 g/mol. The zero-order valence-corrected chi connectivity index (χ0v) is 9.23. The van der Waals surface area contributed by atoms with Crippen LogP contribution in [0.4, 0.5) is 0 Å². The van der Waals surface area contributed by atoms with Crippen molar-refractivity contribution in [3.8, 4) is 0 Å². The fraction of sp³-hybridized carbons (Fsp3) is 0.444. The SMILES string of the molecule is CCCCn1cnc2[nH]c(=S)[nH]c(=O)c21. The third kappa shape index (κ3) is 1.85. The van der Waals surface area contributed by atoms with Gasteiger partial charge < -0.3 is 9.55 Å². The highest BCUT2D eigenvalue weighted by molar-refractivity contribution is 7.71. The Labute approximate surface area is 91.2 Å². The van der Waals surface area contributed by atoms with E-state index in [0.717, 1.165) is 19.4 Å². The Hall–Kier alpha value is -1.43. The number of H-pyrrole nitrogens is 2. The van der Waals surface area contributed by atoms with Crippen molar-refractivity contribution in [2.24, 2.45) is 0 Å². The van der Waals surface area contributed by atoms with E-state index in [4.69, 9.17) is 12.2 Å². The molecule has 15 heavy (non-hydrogen) atoms. The van der Waals surface area contributed by atoms with Crippen molar-refractivity contribution in [1.29, 1.82) is 0 Å². The Morgan fingerprint density at radius 1 is 1.53 bits per heavy atom. The fourth-order valence-electron chi connectivity index (χ4n) is 1.51. The maximum Gasteiger partial charge on any atom is 0.277 e. The summed E-state index contributed by atoms with van der Waals surface area (Å²) in [4.78, 5) is 21.2. The van der Waals surface area contributed by atoms with Crippen molar-refractivity contribution in [2.45, 2.75) is 26.3 Å². The second kappa shape index (κ2) is 3.98. The molecule has 0 aromatic carbocycles. The normalized spacial score (nSPS) is 11.0. The Balaban J connectivity index is 2.59. The zero-order chi connectivity index (χ0) is 10.8. The smallest absolute Gasteiger partial charge is 0.277 e. The highest BCUT2D eigenvalue weighted by atomic mass is 32.1. The number of unbranched alkanes of at least 4 members (excludes halogenated alkanes) is 1. The molecule has 0 saturated heterocycles. The number of imidazole rings is 1. The molecule has 6 heteroatoms. The van der Waals surface area contributed by atoms with E-state index < -0.39 is 0 Å². The Morgan fingerprint density at radius 3 is 3.07 bits per heavy atom. The average molecular weight is 224 g/mol. The van der Waals surface area contributed by atoms with Gasteiger partial charge in [-0.1, -0.05) is 13.3 Å². The maximum absolute atomic E-state index is 11.6. The van der Waals surface area contributed by atoms with Crippen LogP contribution in [0.25, 0.3) is 11.2 Å². The van der Waals surface area contributed by atoms with Gasteiger partial charge in [0, 0.05) is 6.54 Å². The summed E-state index contributed by atoms with van der Waals surface area (Å²) >= 11 is 4.86. The molecule has 2 heterocycles. The number of aromatic nitrogens is 4. The van der Waals surface area contributed by atoms with Crippen molar-refractivity contribution in [3.05, 3.63) is 21.5 Å². The molecule has 2 aromatic heterocycles. The van der Waals surface area contributed by atoms with Crippen molar-refractivity contribution < 1.29 is 0 Å². The number of aryl methyl sites for hydroxylation is 1. The van der Waals surface area contributed by atoms with Crippen LogP contribution in [0, 0.1) is 4.77 Å². The van der Waals surface area contributed by atoms with E-state index in [2.05, 4.69) is 21.9 Å². The first-order chi connectivity index (χ1) is 7.22. The summed E-state index contributed by atoms with van der Waals surface area (Å²) in [5.41, 5.74) is 0.944. The van der Waals surface area contributed by atoms with Gasteiger partial charge in [-0.3, -0.25) is 9.78 Å². The van der Waals surface area contributed by atoms with Crippen LogP contribution >= 0.6 is 12.2 Å². The lowest BCUT2D eigenvalue weighted by atomic mass is 10.3. The number of hydrogen-bond acceptors (Lipinski definition) is 3. The van der Waals surface area contributed by atoms with Crippen LogP contribution in [0.3, 0.4) is 0 Å². The van der Waals surface area contributed by atoms with E-state index >= 15 is 0 Å². The van der Waals surface area contributed by atoms with E-state index in [-0.39, 0.29) is 5.56 Å². The summed E-state index contributed by atoms with van der Waals surface area (Å²) in [5, 5.41) is 0. The molecule has 80 valence electrons. The van der Waals surface area contributed by atoms with Crippen LogP contribution in [-0.4, -0.2) is 19.5 Å². The molecule has 0 saturated carbocycles. The van der Waals surface area contributed by atoms with Gasteiger partial charge in [-0.15, -0.1) is 0 Å². The number of aromatic amines is 2. The summed E-state index contributed by atoms with van der Waals surface area (Å²) in [6.07, 6.45) is 3.78. The molecule has 2 rings (SSSR count). The Kier molecular flexibility index (Phi) is 2.68. The third-order valence-electron chi connectivity index (χ3n) is 2.26. The maximum atomic E-state index is 11.6. The van der Waals surface area contributed by atoms with E-state index in [1.165, 1.54) is 0 Å². The molecule has 0 radical (unpaired) electrons. The minimum absolute atomic E-state index is 0.178. The minimum Gasteiger partial charge on any atom is -0.325 e. The molecule has 0 bridgehead atoms. The summed E-state index contributed by atoms with van der Waals surface area (Å²) in [5.74, 6) is 0. The molecule has 0 aliphatic rings. The van der Waals surface area contributed by atoms with Crippen LogP contribution in [-0.2, 0) is 6.54 Å². The average Bonchev–Trinajstić information content (AvgIpc) is 2.58. The molecule has 2 aromatic rings. The van der Waals surface area contributed by atoms with E-state index in [9.17, 15) is 4.79 Å². The molecule has 0 unspecified atom stereocenters. The molecule has 5 nitrogen and oxygen atoms in total. The van der Waals surface area contributed by atoms with Gasteiger partial charge in [0.2, 0.25) is 0 Å². The number of fused-ring (bicyclic) bond motifs is 1. The Morgan fingerprint density at radius 2 is 2.33 bits per heavy atom. The molecular formula is C9H12N4OS. The second-order valence-corrected chi connectivity index (χ2v) is 3.81. The molecule has 0 spiro atoms. The number of nitrogens with one attached hydrogen (secondary N) is 2. The summed E-state index contributed by atoms with van der Waals surface area (Å²) < 4.78 is 2.16. The van der Waals surface area contributed by atoms with Crippen molar-refractivity contribution >= 4 is 23.4 Å². The van der Waals surface area contributed by atoms with E-state index in [0.29, 0.717) is 15.9 Å². The second-order valence-electron chi connectivity index (χ2n) is 3.40. The zero-order valence-electron chi connectivity index (χ0n) is 8.41. The quantitative estimate of drug-likeness (QED) is 0.778. The summed E-state index contributed by atoms with van der Waals surface area (Å²) in [7, 11) is 0. The summed E-state index contributed by atoms with van der Waals surface area (Å²) in [6, 6.07) is 0. The van der Waals surface area contributed by atoms with Gasteiger partial charge in [-0.2, -0.15) is 0 Å². The minimum atomic E-state index is -0.178. The molecule has 0 fully saturated rings. The van der Waals surface area contributed by atoms with Crippen LogP contribution in [0.1, 0.15) is 19.8 Å². The van der Waals surface area contributed by atoms with Gasteiger partial charge >= 0.3 is 0 Å². The largest absolute Gasteiger partial charge is 0.325 e. The molecule has 0 aliphatic carbocycles. The van der Waals surface area contributed by atoms with Crippen molar-refractivity contribution in [3.63, 3.8) is 0 Å².